The molecule has 1 aliphatic heterocycles. The van der Waals surface area contributed by atoms with Crippen LogP contribution in [0.3, 0.4) is 0 Å². The molecule has 0 radical (unpaired) electrons. The minimum absolute atomic E-state index is 0.0282. The molecule has 1 saturated heterocycles. The Morgan fingerprint density at radius 3 is 2.52 bits per heavy atom. The third-order valence-electron chi connectivity index (χ3n) is 4.01. The fourth-order valence-electron chi connectivity index (χ4n) is 2.71. The van der Waals surface area contributed by atoms with Crippen molar-refractivity contribution in [3.8, 4) is 0 Å². The lowest BCUT2D eigenvalue weighted by Crippen LogP contribution is -2.47. The summed E-state index contributed by atoms with van der Waals surface area (Å²) in [7, 11) is -3.78. The molecule has 10 nitrogen and oxygen atoms in total. The summed E-state index contributed by atoms with van der Waals surface area (Å²) in [6.07, 6.45) is 0.687. The van der Waals surface area contributed by atoms with Crippen LogP contribution >= 0.6 is 0 Å². The summed E-state index contributed by atoms with van der Waals surface area (Å²) in [6, 6.07) is 3.99. The average Bonchev–Trinajstić information content (AvgIpc) is 2.89. The molecule has 2 heterocycles. The summed E-state index contributed by atoms with van der Waals surface area (Å²) in [5.74, 6) is -1.50. The fraction of sp³-hybridized carbons (Fsp3) is 0.357. The van der Waals surface area contributed by atoms with Gasteiger partial charge in [-0.15, -0.1) is 0 Å². The molecule has 1 aromatic heterocycles. The molecule has 1 aromatic carbocycles. The molecule has 134 valence electrons. The lowest BCUT2D eigenvalue weighted by atomic mass is 10.3. The van der Waals surface area contributed by atoms with E-state index in [0.717, 1.165) is 4.57 Å². The third kappa shape index (κ3) is 3.15. The van der Waals surface area contributed by atoms with Gasteiger partial charge in [-0.25, -0.2) is 13.2 Å². The first-order valence-corrected chi connectivity index (χ1v) is 8.88. The number of rotatable bonds is 5. The number of carbonyl (C=O) groups is 2. The highest BCUT2D eigenvalue weighted by Gasteiger charge is 2.28. The predicted molar refractivity (Wildman–Crippen MR) is 86.1 cm³/mol. The van der Waals surface area contributed by atoms with Crippen LogP contribution < -0.4 is 11.5 Å². The van der Waals surface area contributed by atoms with Gasteiger partial charge in [0, 0.05) is 32.2 Å². The normalized spacial score (nSPS) is 16.2. The van der Waals surface area contributed by atoms with Crippen molar-refractivity contribution in [2.75, 3.05) is 26.2 Å². The highest BCUT2D eigenvalue weighted by molar-refractivity contribution is 7.89. The number of fused-ring (bicyclic) bond motifs is 1. The molecule has 0 unspecified atom stereocenters. The van der Waals surface area contributed by atoms with E-state index in [2.05, 4.69) is 0 Å². The topological polar surface area (TPSA) is 136 Å². The minimum Gasteiger partial charge on any atom is -0.408 e. The van der Waals surface area contributed by atoms with Crippen molar-refractivity contribution in [3.63, 3.8) is 0 Å². The highest BCUT2D eigenvalue weighted by Crippen LogP contribution is 2.22. The first-order chi connectivity index (χ1) is 11.8. The SMILES string of the molecule is NC(=O)Cn1c(=O)oc2cc(S(=O)(=O)N3CCN(C=O)CC3)ccc21. The molecule has 1 aliphatic rings. The molecule has 0 spiro atoms. The molecule has 0 aliphatic carbocycles. The Balaban J connectivity index is 1.95. The molecular formula is C14H16N4O6S. The van der Waals surface area contributed by atoms with E-state index in [4.69, 9.17) is 10.2 Å². The number of nitrogens with zero attached hydrogens (tertiary/aromatic N) is 3. The smallest absolute Gasteiger partial charge is 0.408 e. The minimum atomic E-state index is -3.78. The van der Waals surface area contributed by atoms with Crippen molar-refractivity contribution in [3.05, 3.63) is 28.7 Å². The van der Waals surface area contributed by atoms with E-state index in [9.17, 15) is 22.8 Å². The number of oxazole rings is 1. The van der Waals surface area contributed by atoms with E-state index in [1.54, 1.807) is 0 Å². The van der Waals surface area contributed by atoms with E-state index in [1.807, 2.05) is 0 Å². The van der Waals surface area contributed by atoms with Crippen molar-refractivity contribution in [1.82, 2.24) is 13.8 Å². The molecule has 11 heteroatoms. The van der Waals surface area contributed by atoms with E-state index in [-0.39, 0.29) is 35.6 Å². The second-order valence-corrected chi connectivity index (χ2v) is 7.53. The summed E-state index contributed by atoms with van der Waals surface area (Å²) in [6.45, 7) is 0.646. The Labute approximate surface area is 142 Å². The first-order valence-electron chi connectivity index (χ1n) is 7.44. The van der Waals surface area contributed by atoms with Crippen LogP contribution in [0.25, 0.3) is 11.1 Å². The molecule has 25 heavy (non-hydrogen) atoms. The van der Waals surface area contributed by atoms with Gasteiger partial charge in [-0.2, -0.15) is 4.31 Å². The molecule has 3 rings (SSSR count). The number of hydrogen-bond donors (Lipinski definition) is 1. The second-order valence-electron chi connectivity index (χ2n) is 5.60. The average molecular weight is 368 g/mol. The molecule has 0 atom stereocenters. The molecule has 0 bridgehead atoms. The number of benzene rings is 1. The number of primary amides is 1. The lowest BCUT2D eigenvalue weighted by Gasteiger charge is -2.31. The third-order valence-corrected chi connectivity index (χ3v) is 5.91. The standard InChI is InChI=1S/C14H16N4O6S/c15-13(20)8-18-11-2-1-10(7-12(11)24-14(18)21)25(22,23)17-5-3-16(9-19)4-6-17/h1-2,7,9H,3-6,8H2,(H2,15,20). The number of piperazine rings is 1. The number of aromatic nitrogens is 1. The van der Waals surface area contributed by atoms with Gasteiger partial charge in [-0.3, -0.25) is 14.2 Å². The molecule has 2 amide bonds. The molecular weight excluding hydrogens is 352 g/mol. The van der Waals surface area contributed by atoms with Crippen LogP contribution in [0, 0.1) is 0 Å². The van der Waals surface area contributed by atoms with Crippen molar-refractivity contribution >= 4 is 33.4 Å². The molecule has 0 saturated carbocycles. The Morgan fingerprint density at radius 1 is 1.24 bits per heavy atom. The summed E-state index contributed by atoms with van der Waals surface area (Å²) in [5.41, 5.74) is 5.43. The van der Waals surface area contributed by atoms with Crippen LogP contribution in [0.2, 0.25) is 0 Å². The van der Waals surface area contributed by atoms with Crippen LogP contribution in [-0.2, 0) is 26.2 Å². The number of amides is 2. The van der Waals surface area contributed by atoms with E-state index in [1.165, 1.54) is 27.4 Å². The van der Waals surface area contributed by atoms with E-state index >= 15 is 0 Å². The number of nitrogens with two attached hydrogens (primary N) is 1. The lowest BCUT2D eigenvalue weighted by molar-refractivity contribution is -0.119. The number of carbonyl (C=O) groups excluding carboxylic acids is 2. The summed E-state index contributed by atoms with van der Waals surface area (Å²) in [5, 5.41) is 0. The number of hydrogen-bond acceptors (Lipinski definition) is 6. The maximum atomic E-state index is 12.7. The van der Waals surface area contributed by atoms with Crippen molar-refractivity contribution < 1.29 is 22.4 Å². The first kappa shape index (κ1) is 17.2. The fourth-order valence-corrected chi connectivity index (χ4v) is 4.15. The maximum Gasteiger partial charge on any atom is 0.420 e. The maximum absolute atomic E-state index is 12.7. The van der Waals surface area contributed by atoms with Gasteiger partial charge < -0.3 is 15.1 Å². The van der Waals surface area contributed by atoms with Crippen molar-refractivity contribution in [2.24, 2.45) is 5.73 Å². The molecule has 2 N–H and O–H groups in total. The van der Waals surface area contributed by atoms with Crippen LogP contribution in [0.15, 0.2) is 32.3 Å². The molecule has 2 aromatic rings. The van der Waals surface area contributed by atoms with Gasteiger partial charge >= 0.3 is 5.76 Å². The van der Waals surface area contributed by atoms with Crippen molar-refractivity contribution in [1.29, 1.82) is 0 Å². The Kier molecular flexibility index (Phi) is 4.35. The monoisotopic (exact) mass is 368 g/mol. The Bertz CT molecular complexity index is 984. The highest BCUT2D eigenvalue weighted by atomic mass is 32.2. The van der Waals surface area contributed by atoms with E-state index in [0.29, 0.717) is 19.5 Å². The van der Waals surface area contributed by atoms with Gasteiger partial charge in [-0.1, -0.05) is 0 Å². The van der Waals surface area contributed by atoms with Crippen molar-refractivity contribution in [2.45, 2.75) is 11.4 Å². The van der Waals surface area contributed by atoms with Crippen LogP contribution in [0.5, 0.6) is 0 Å². The van der Waals surface area contributed by atoms with Gasteiger partial charge in [0.1, 0.15) is 6.54 Å². The second kappa shape index (κ2) is 6.33. The quantitative estimate of drug-likeness (QED) is 0.641. The summed E-state index contributed by atoms with van der Waals surface area (Å²) in [4.78, 5) is 35.0. The van der Waals surface area contributed by atoms with Gasteiger partial charge in [-0.05, 0) is 12.1 Å². The predicted octanol–water partition coefficient (Wildman–Crippen LogP) is -1.46. The zero-order valence-corrected chi connectivity index (χ0v) is 13.9. The zero-order valence-electron chi connectivity index (χ0n) is 13.1. The number of sulfonamides is 1. The summed E-state index contributed by atoms with van der Waals surface area (Å²) < 4.78 is 32.8. The zero-order chi connectivity index (χ0) is 18.2. The Morgan fingerprint density at radius 2 is 1.92 bits per heavy atom. The largest absolute Gasteiger partial charge is 0.420 e. The summed E-state index contributed by atoms with van der Waals surface area (Å²) >= 11 is 0. The van der Waals surface area contributed by atoms with Crippen LogP contribution in [0.1, 0.15) is 0 Å². The van der Waals surface area contributed by atoms with Gasteiger partial charge in [0.25, 0.3) is 0 Å². The molecule has 1 fully saturated rings. The van der Waals surface area contributed by atoms with Crippen LogP contribution in [-0.4, -0.2) is 60.7 Å². The van der Waals surface area contributed by atoms with Gasteiger partial charge in [0.2, 0.25) is 22.3 Å². The van der Waals surface area contributed by atoms with Gasteiger partial charge in [0.05, 0.1) is 10.4 Å². The van der Waals surface area contributed by atoms with Crippen LogP contribution in [0.4, 0.5) is 0 Å². The van der Waals surface area contributed by atoms with Gasteiger partial charge in [0.15, 0.2) is 5.58 Å². The van der Waals surface area contributed by atoms with E-state index < -0.39 is 21.7 Å². The Hall–Kier alpha value is -2.66.